The van der Waals surface area contributed by atoms with Crippen molar-refractivity contribution in [1.29, 1.82) is 0 Å². The van der Waals surface area contributed by atoms with Gasteiger partial charge in [-0.05, 0) is 29.3 Å². The zero-order valence-corrected chi connectivity index (χ0v) is 12.8. The highest BCUT2D eigenvalue weighted by Crippen LogP contribution is 2.27. The fourth-order valence-corrected chi connectivity index (χ4v) is 2.85. The molecule has 3 rings (SSSR count). The lowest BCUT2D eigenvalue weighted by molar-refractivity contribution is 0.0642. The summed E-state index contributed by atoms with van der Waals surface area (Å²) in [4.78, 5) is 26.1. The van der Waals surface area contributed by atoms with E-state index in [1.807, 2.05) is 24.3 Å². The lowest BCUT2D eigenvalue weighted by Crippen LogP contribution is -2.29. The number of carbonyl (C=O) groups is 2. The van der Waals surface area contributed by atoms with Gasteiger partial charge in [0.05, 0.1) is 17.7 Å². The summed E-state index contributed by atoms with van der Waals surface area (Å²) < 4.78 is 0.784. The van der Waals surface area contributed by atoms with Crippen molar-refractivity contribution in [2.75, 3.05) is 0 Å². The van der Waals surface area contributed by atoms with Crippen LogP contribution in [-0.4, -0.2) is 16.7 Å². The van der Waals surface area contributed by atoms with Gasteiger partial charge in [0, 0.05) is 11.0 Å². The Labute approximate surface area is 130 Å². The Hall–Kier alpha value is -1.98. The second-order valence-corrected chi connectivity index (χ2v) is 5.77. The summed E-state index contributed by atoms with van der Waals surface area (Å²) in [7, 11) is 0. The van der Waals surface area contributed by atoms with Crippen LogP contribution in [-0.2, 0) is 13.1 Å². The van der Waals surface area contributed by atoms with Crippen molar-refractivity contribution in [1.82, 2.24) is 4.90 Å². The van der Waals surface area contributed by atoms with E-state index in [2.05, 4.69) is 15.9 Å². The van der Waals surface area contributed by atoms with Gasteiger partial charge in [0.25, 0.3) is 11.8 Å². The summed E-state index contributed by atoms with van der Waals surface area (Å²) in [6, 6.07) is 12.7. The van der Waals surface area contributed by atoms with Crippen LogP contribution >= 0.6 is 15.9 Å². The van der Waals surface area contributed by atoms with Crippen molar-refractivity contribution in [3.05, 3.63) is 69.2 Å². The Bertz CT molecular complexity index is 743. The minimum absolute atomic E-state index is 0.247. The topological polar surface area (TPSA) is 63.4 Å². The maximum absolute atomic E-state index is 12.4. The first-order valence-electron chi connectivity index (χ1n) is 6.54. The molecule has 0 atom stereocenters. The van der Waals surface area contributed by atoms with Gasteiger partial charge in [-0.3, -0.25) is 14.5 Å². The van der Waals surface area contributed by atoms with Crippen LogP contribution in [0.15, 0.2) is 46.9 Å². The highest BCUT2D eigenvalue weighted by Gasteiger charge is 2.35. The van der Waals surface area contributed by atoms with E-state index in [0.29, 0.717) is 17.7 Å². The number of halogens is 1. The molecule has 0 spiro atoms. The van der Waals surface area contributed by atoms with E-state index in [1.54, 1.807) is 18.2 Å². The minimum Gasteiger partial charge on any atom is -0.326 e. The van der Waals surface area contributed by atoms with Crippen LogP contribution in [0.25, 0.3) is 0 Å². The highest BCUT2D eigenvalue weighted by atomic mass is 79.9. The van der Waals surface area contributed by atoms with Crippen LogP contribution in [0.3, 0.4) is 0 Å². The van der Waals surface area contributed by atoms with Crippen molar-refractivity contribution >= 4 is 27.7 Å². The molecule has 2 amide bonds. The molecule has 1 heterocycles. The fourth-order valence-electron chi connectivity index (χ4n) is 2.49. The van der Waals surface area contributed by atoms with E-state index in [9.17, 15) is 9.59 Å². The normalized spacial score (nSPS) is 13.7. The van der Waals surface area contributed by atoms with E-state index in [4.69, 9.17) is 5.73 Å². The number of hydrogen-bond donors (Lipinski definition) is 1. The number of hydrogen-bond acceptors (Lipinski definition) is 3. The predicted octanol–water partition coefficient (Wildman–Crippen LogP) is 2.70. The zero-order chi connectivity index (χ0) is 15.0. The second kappa shape index (κ2) is 5.42. The highest BCUT2D eigenvalue weighted by molar-refractivity contribution is 9.10. The van der Waals surface area contributed by atoms with Crippen LogP contribution in [0.4, 0.5) is 0 Å². The van der Waals surface area contributed by atoms with Gasteiger partial charge in [-0.2, -0.15) is 0 Å². The first-order chi connectivity index (χ1) is 10.1. The summed E-state index contributed by atoms with van der Waals surface area (Å²) >= 11 is 3.32. The predicted molar refractivity (Wildman–Crippen MR) is 82.7 cm³/mol. The van der Waals surface area contributed by atoms with E-state index < -0.39 is 0 Å². The minimum atomic E-state index is -0.261. The third-order valence-electron chi connectivity index (χ3n) is 3.60. The molecule has 106 valence electrons. The molecule has 21 heavy (non-hydrogen) atoms. The molecule has 0 saturated carbocycles. The third kappa shape index (κ3) is 2.39. The Morgan fingerprint density at radius 3 is 2.33 bits per heavy atom. The molecule has 2 aromatic carbocycles. The van der Waals surface area contributed by atoms with Crippen molar-refractivity contribution in [3.8, 4) is 0 Å². The number of imide groups is 1. The molecule has 2 N–H and O–H groups in total. The van der Waals surface area contributed by atoms with E-state index in [1.165, 1.54) is 4.90 Å². The summed E-state index contributed by atoms with van der Waals surface area (Å²) in [6.07, 6.45) is 0. The van der Waals surface area contributed by atoms with Crippen LogP contribution in [0, 0.1) is 0 Å². The van der Waals surface area contributed by atoms with Crippen LogP contribution in [0.2, 0.25) is 0 Å². The standard InChI is InChI=1S/C16H13BrN2O2/c17-12-5-6-13-14(7-12)16(21)19(15(13)20)9-11-4-2-1-3-10(11)8-18/h1-7H,8-9,18H2. The maximum atomic E-state index is 12.4. The maximum Gasteiger partial charge on any atom is 0.261 e. The molecular formula is C16H13BrN2O2. The Kier molecular flexibility index (Phi) is 3.61. The van der Waals surface area contributed by atoms with Crippen molar-refractivity contribution in [3.63, 3.8) is 0 Å². The third-order valence-corrected chi connectivity index (χ3v) is 4.09. The molecule has 0 fully saturated rings. The van der Waals surface area contributed by atoms with Crippen LogP contribution < -0.4 is 5.73 Å². The average Bonchev–Trinajstić information content (AvgIpc) is 2.72. The van der Waals surface area contributed by atoms with Gasteiger partial charge in [-0.1, -0.05) is 40.2 Å². The van der Waals surface area contributed by atoms with Crippen LogP contribution in [0.5, 0.6) is 0 Å². The Morgan fingerprint density at radius 2 is 1.62 bits per heavy atom. The van der Waals surface area contributed by atoms with Gasteiger partial charge >= 0.3 is 0 Å². The summed E-state index contributed by atoms with van der Waals surface area (Å²) in [5.41, 5.74) is 8.44. The van der Waals surface area contributed by atoms with Crippen LogP contribution in [0.1, 0.15) is 31.8 Å². The SMILES string of the molecule is NCc1ccccc1CN1C(=O)c2ccc(Br)cc2C1=O. The Morgan fingerprint density at radius 1 is 0.952 bits per heavy atom. The number of carbonyl (C=O) groups excluding carboxylic acids is 2. The number of benzene rings is 2. The molecule has 0 radical (unpaired) electrons. The molecule has 0 aromatic heterocycles. The number of fused-ring (bicyclic) bond motifs is 1. The lowest BCUT2D eigenvalue weighted by atomic mass is 10.1. The van der Waals surface area contributed by atoms with E-state index in [-0.39, 0.29) is 18.4 Å². The van der Waals surface area contributed by atoms with E-state index in [0.717, 1.165) is 15.6 Å². The molecule has 5 heteroatoms. The van der Waals surface area contributed by atoms with Crippen molar-refractivity contribution < 1.29 is 9.59 Å². The molecule has 2 aromatic rings. The number of nitrogens with zero attached hydrogens (tertiary/aromatic N) is 1. The number of nitrogens with two attached hydrogens (primary N) is 1. The van der Waals surface area contributed by atoms with Gasteiger partial charge in [-0.15, -0.1) is 0 Å². The summed E-state index contributed by atoms with van der Waals surface area (Å²) in [5.74, 6) is -0.516. The average molecular weight is 345 g/mol. The molecule has 0 unspecified atom stereocenters. The molecule has 4 nitrogen and oxygen atoms in total. The monoisotopic (exact) mass is 344 g/mol. The smallest absolute Gasteiger partial charge is 0.261 e. The number of amides is 2. The zero-order valence-electron chi connectivity index (χ0n) is 11.2. The second-order valence-electron chi connectivity index (χ2n) is 4.86. The number of rotatable bonds is 3. The van der Waals surface area contributed by atoms with Crippen molar-refractivity contribution in [2.24, 2.45) is 5.73 Å². The largest absolute Gasteiger partial charge is 0.326 e. The summed E-state index contributed by atoms with van der Waals surface area (Å²) in [6.45, 7) is 0.627. The molecule has 0 aliphatic carbocycles. The van der Waals surface area contributed by atoms with Gasteiger partial charge in [0.1, 0.15) is 0 Å². The molecular weight excluding hydrogens is 332 g/mol. The first kappa shape index (κ1) is 14.0. The van der Waals surface area contributed by atoms with E-state index >= 15 is 0 Å². The summed E-state index contributed by atoms with van der Waals surface area (Å²) in [5, 5.41) is 0. The first-order valence-corrected chi connectivity index (χ1v) is 7.33. The van der Waals surface area contributed by atoms with Gasteiger partial charge in [0.2, 0.25) is 0 Å². The quantitative estimate of drug-likeness (QED) is 0.870. The fraction of sp³-hybridized carbons (Fsp3) is 0.125. The van der Waals surface area contributed by atoms with Gasteiger partial charge < -0.3 is 5.73 Å². The molecule has 1 aliphatic rings. The van der Waals surface area contributed by atoms with Gasteiger partial charge in [0.15, 0.2) is 0 Å². The lowest BCUT2D eigenvalue weighted by Gasteiger charge is -2.16. The molecule has 1 aliphatic heterocycles. The molecule has 0 saturated heterocycles. The molecule has 0 bridgehead atoms. The Balaban J connectivity index is 1.95. The van der Waals surface area contributed by atoms with Crippen molar-refractivity contribution in [2.45, 2.75) is 13.1 Å². The van der Waals surface area contributed by atoms with Gasteiger partial charge in [-0.25, -0.2) is 0 Å².